The second-order valence-electron chi connectivity index (χ2n) is 6.65. The molecule has 0 bridgehead atoms. The van der Waals surface area contributed by atoms with Gasteiger partial charge in [0, 0.05) is 19.6 Å². The molecule has 2 atom stereocenters. The number of hydrogen-bond acceptors (Lipinski definition) is 6. The number of aromatic nitrogens is 1. The molecular weight excluding hydrogens is 349 g/mol. The Hall–Kier alpha value is -2.55. The van der Waals surface area contributed by atoms with E-state index in [-0.39, 0.29) is 23.7 Å². The van der Waals surface area contributed by atoms with E-state index in [2.05, 4.69) is 26.1 Å². The SMILES string of the molecule is O=C(Nc1ccc(N2CCOCC2)cn1)C1CNNC1c1ccc(F)cc1. The Morgan fingerprint density at radius 3 is 2.67 bits per heavy atom. The zero-order valence-electron chi connectivity index (χ0n) is 14.8. The summed E-state index contributed by atoms with van der Waals surface area (Å²) in [5.74, 6) is -0.235. The van der Waals surface area contributed by atoms with Gasteiger partial charge in [-0.25, -0.2) is 14.8 Å². The summed E-state index contributed by atoms with van der Waals surface area (Å²) < 4.78 is 18.5. The lowest BCUT2D eigenvalue weighted by Gasteiger charge is -2.28. The molecule has 4 rings (SSSR count). The summed E-state index contributed by atoms with van der Waals surface area (Å²) in [5.41, 5.74) is 7.98. The van der Waals surface area contributed by atoms with E-state index in [0.717, 1.165) is 24.3 Å². The molecular formula is C19H22FN5O2. The topological polar surface area (TPSA) is 78.5 Å². The van der Waals surface area contributed by atoms with Gasteiger partial charge in [0.1, 0.15) is 11.6 Å². The van der Waals surface area contributed by atoms with Crippen LogP contribution in [-0.4, -0.2) is 43.7 Å². The number of halogens is 1. The number of rotatable bonds is 4. The molecule has 3 heterocycles. The number of carbonyl (C=O) groups is 1. The summed E-state index contributed by atoms with van der Waals surface area (Å²) in [6.07, 6.45) is 1.77. The molecule has 2 aromatic rings. The number of anilines is 2. The summed E-state index contributed by atoms with van der Waals surface area (Å²) in [6, 6.07) is 9.72. The highest BCUT2D eigenvalue weighted by atomic mass is 19.1. The standard InChI is InChI=1S/C19H22FN5O2/c20-14-3-1-13(2-4-14)18-16(12-22-24-18)19(26)23-17-6-5-15(11-21-17)25-7-9-27-10-8-25/h1-6,11,16,18,22,24H,7-10,12H2,(H,21,23,26). The van der Waals surface area contributed by atoms with Gasteiger partial charge in [0.2, 0.25) is 5.91 Å². The predicted molar refractivity (Wildman–Crippen MR) is 99.7 cm³/mol. The van der Waals surface area contributed by atoms with E-state index in [4.69, 9.17) is 4.74 Å². The zero-order valence-corrected chi connectivity index (χ0v) is 14.8. The Morgan fingerprint density at radius 2 is 1.96 bits per heavy atom. The van der Waals surface area contributed by atoms with Crippen LogP contribution < -0.4 is 21.1 Å². The molecule has 2 aliphatic rings. The number of carbonyl (C=O) groups excluding carboxylic acids is 1. The number of morpholine rings is 1. The van der Waals surface area contributed by atoms with E-state index in [1.807, 2.05) is 12.1 Å². The lowest BCUT2D eigenvalue weighted by molar-refractivity contribution is -0.119. The lowest BCUT2D eigenvalue weighted by atomic mass is 9.94. The molecule has 1 amide bonds. The summed E-state index contributed by atoms with van der Waals surface area (Å²) in [4.78, 5) is 19.3. The fourth-order valence-corrected chi connectivity index (χ4v) is 3.41. The third-order valence-corrected chi connectivity index (χ3v) is 4.92. The molecule has 2 unspecified atom stereocenters. The van der Waals surface area contributed by atoms with Crippen LogP contribution in [0.3, 0.4) is 0 Å². The monoisotopic (exact) mass is 371 g/mol. The van der Waals surface area contributed by atoms with Crippen molar-refractivity contribution in [2.75, 3.05) is 43.1 Å². The minimum atomic E-state index is -0.323. The number of pyridine rings is 1. The number of nitrogens with one attached hydrogen (secondary N) is 3. The molecule has 1 aromatic carbocycles. The summed E-state index contributed by atoms with van der Waals surface area (Å²) in [5, 5.41) is 2.88. The highest BCUT2D eigenvalue weighted by Crippen LogP contribution is 2.26. The van der Waals surface area contributed by atoms with Crippen molar-refractivity contribution in [3.05, 3.63) is 54.0 Å². The average Bonchev–Trinajstić information content (AvgIpc) is 3.20. The average molecular weight is 371 g/mol. The predicted octanol–water partition coefficient (Wildman–Crippen LogP) is 1.46. The third-order valence-electron chi connectivity index (χ3n) is 4.92. The van der Waals surface area contributed by atoms with Crippen LogP contribution in [0.2, 0.25) is 0 Å². The Morgan fingerprint density at radius 1 is 1.19 bits per heavy atom. The van der Waals surface area contributed by atoms with Crippen molar-refractivity contribution in [2.24, 2.45) is 5.92 Å². The molecule has 2 saturated heterocycles. The van der Waals surface area contributed by atoms with Gasteiger partial charge >= 0.3 is 0 Å². The van der Waals surface area contributed by atoms with E-state index in [1.165, 1.54) is 12.1 Å². The largest absolute Gasteiger partial charge is 0.378 e. The summed E-state index contributed by atoms with van der Waals surface area (Å²) >= 11 is 0. The van der Waals surface area contributed by atoms with Crippen molar-refractivity contribution in [1.82, 2.24) is 15.8 Å². The first kappa shape index (κ1) is 17.8. The first-order chi connectivity index (χ1) is 13.2. The summed E-state index contributed by atoms with van der Waals surface area (Å²) in [6.45, 7) is 3.59. The van der Waals surface area contributed by atoms with Gasteiger partial charge in [0.25, 0.3) is 0 Å². The maximum atomic E-state index is 13.1. The molecule has 142 valence electrons. The number of amides is 1. The highest BCUT2D eigenvalue weighted by molar-refractivity contribution is 5.92. The van der Waals surface area contributed by atoms with Crippen LogP contribution in [0.5, 0.6) is 0 Å². The molecule has 2 aliphatic heterocycles. The van der Waals surface area contributed by atoms with Crippen LogP contribution in [-0.2, 0) is 9.53 Å². The maximum Gasteiger partial charge on any atom is 0.231 e. The normalized spacial score (nSPS) is 22.6. The molecule has 2 fully saturated rings. The van der Waals surface area contributed by atoms with Crippen molar-refractivity contribution < 1.29 is 13.9 Å². The van der Waals surface area contributed by atoms with Crippen LogP contribution in [0.25, 0.3) is 0 Å². The molecule has 1 aromatic heterocycles. The smallest absolute Gasteiger partial charge is 0.231 e. The number of hydrazine groups is 1. The van der Waals surface area contributed by atoms with Crippen molar-refractivity contribution in [3.8, 4) is 0 Å². The van der Waals surface area contributed by atoms with Crippen LogP contribution >= 0.6 is 0 Å². The van der Waals surface area contributed by atoms with Gasteiger partial charge in [-0.3, -0.25) is 10.2 Å². The Bertz CT molecular complexity index is 778. The van der Waals surface area contributed by atoms with Crippen molar-refractivity contribution in [3.63, 3.8) is 0 Å². The van der Waals surface area contributed by atoms with Crippen molar-refractivity contribution in [1.29, 1.82) is 0 Å². The first-order valence-corrected chi connectivity index (χ1v) is 9.04. The molecule has 7 nitrogen and oxygen atoms in total. The third kappa shape index (κ3) is 4.08. The van der Waals surface area contributed by atoms with E-state index in [9.17, 15) is 9.18 Å². The summed E-state index contributed by atoms with van der Waals surface area (Å²) in [7, 11) is 0. The Labute approximate surface area is 156 Å². The van der Waals surface area contributed by atoms with E-state index in [1.54, 1.807) is 18.3 Å². The first-order valence-electron chi connectivity index (χ1n) is 9.04. The van der Waals surface area contributed by atoms with Gasteiger partial charge in [-0.15, -0.1) is 0 Å². The van der Waals surface area contributed by atoms with Gasteiger partial charge in [0.15, 0.2) is 0 Å². The molecule has 0 saturated carbocycles. The van der Waals surface area contributed by atoms with E-state index in [0.29, 0.717) is 25.6 Å². The lowest BCUT2D eigenvalue weighted by Crippen LogP contribution is -2.36. The van der Waals surface area contributed by atoms with Gasteiger partial charge in [-0.1, -0.05) is 12.1 Å². The maximum absolute atomic E-state index is 13.1. The molecule has 27 heavy (non-hydrogen) atoms. The van der Waals surface area contributed by atoms with Crippen molar-refractivity contribution in [2.45, 2.75) is 6.04 Å². The number of benzene rings is 1. The van der Waals surface area contributed by atoms with E-state index < -0.39 is 0 Å². The molecule has 3 N–H and O–H groups in total. The fourth-order valence-electron chi connectivity index (χ4n) is 3.41. The molecule has 0 radical (unpaired) electrons. The quantitative estimate of drug-likeness (QED) is 0.755. The molecule has 0 aliphatic carbocycles. The van der Waals surface area contributed by atoms with Crippen molar-refractivity contribution >= 4 is 17.4 Å². The Balaban J connectivity index is 1.41. The second-order valence-corrected chi connectivity index (χ2v) is 6.65. The Kier molecular flexibility index (Phi) is 5.28. The highest BCUT2D eigenvalue weighted by Gasteiger charge is 2.34. The van der Waals surface area contributed by atoms with Crippen LogP contribution in [0.15, 0.2) is 42.6 Å². The minimum Gasteiger partial charge on any atom is -0.378 e. The van der Waals surface area contributed by atoms with Gasteiger partial charge in [-0.2, -0.15) is 0 Å². The van der Waals surface area contributed by atoms with Crippen LogP contribution in [0.4, 0.5) is 15.9 Å². The van der Waals surface area contributed by atoms with Gasteiger partial charge < -0.3 is 15.0 Å². The number of hydrogen-bond donors (Lipinski definition) is 3. The van der Waals surface area contributed by atoms with Crippen LogP contribution in [0, 0.1) is 11.7 Å². The number of nitrogens with zero attached hydrogens (tertiary/aromatic N) is 2. The zero-order chi connectivity index (χ0) is 18.6. The van der Waals surface area contributed by atoms with Gasteiger partial charge in [-0.05, 0) is 29.8 Å². The fraction of sp³-hybridized carbons (Fsp3) is 0.368. The molecule has 0 spiro atoms. The second kappa shape index (κ2) is 7.99. The molecule has 8 heteroatoms. The van der Waals surface area contributed by atoms with E-state index >= 15 is 0 Å². The van der Waals surface area contributed by atoms with Gasteiger partial charge in [0.05, 0.1) is 37.1 Å². The number of ether oxygens (including phenoxy) is 1. The van der Waals surface area contributed by atoms with Crippen LogP contribution in [0.1, 0.15) is 11.6 Å². The minimum absolute atomic E-state index is 0.131.